The molecule has 0 spiro atoms. The van der Waals surface area contributed by atoms with E-state index < -0.39 is 6.04 Å². The Hall–Kier alpha value is -2.86. The van der Waals surface area contributed by atoms with Crippen LogP contribution in [0.3, 0.4) is 0 Å². The lowest BCUT2D eigenvalue weighted by atomic mass is 10.0. The number of amides is 1. The van der Waals surface area contributed by atoms with Gasteiger partial charge in [0.2, 0.25) is 0 Å². The highest BCUT2D eigenvalue weighted by Crippen LogP contribution is 2.27. The summed E-state index contributed by atoms with van der Waals surface area (Å²) in [7, 11) is 0. The smallest absolute Gasteiger partial charge is 0.268 e. The van der Waals surface area contributed by atoms with Crippen LogP contribution in [0.5, 0.6) is 0 Å². The summed E-state index contributed by atoms with van der Waals surface area (Å²) in [5.41, 5.74) is 4.98. The van der Waals surface area contributed by atoms with E-state index in [1.165, 1.54) is 11.9 Å². The van der Waals surface area contributed by atoms with E-state index in [0.717, 1.165) is 0 Å². The number of anilines is 1. The Morgan fingerprint density at radius 1 is 1.31 bits per heavy atom. The highest BCUT2D eigenvalue weighted by molar-refractivity contribution is 6.30. The fraction of sp³-hybridized carbons (Fsp3) is 0.211. The Morgan fingerprint density at radius 2 is 2.12 bits per heavy atom. The SMILES string of the molecule is CCC1NC(c2ccccn2)=C(C(C)=O)N(Nc2cccc(Cl)c2)C1=O. The van der Waals surface area contributed by atoms with E-state index in [1.54, 1.807) is 42.6 Å². The van der Waals surface area contributed by atoms with Crippen LogP contribution in [-0.4, -0.2) is 27.7 Å². The molecule has 0 fully saturated rings. The van der Waals surface area contributed by atoms with Gasteiger partial charge in [0.1, 0.15) is 11.7 Å². The predicted molar refractivity (Wildman–Crippen MR) is 101 cm³/mol. The van der Waals surface area contributed by atoms with Gasteiger partial charge in [-0.25, -0.2) is 5.01 Å². The van der Waals surface area contributed by atoms with Gasteiger partial charge >= 0.3 is 0 Å². The molecule has 1 aliphatic heterocycles. The largest absolute Gasteiger partial charge is 0.370 e. The average Bonchev–Trinajstić information content (AvgIpc) is 2.63. The number of rotatable bonds is 5. The van der Waals surface area contributed by atoms with Gasteiger partial charge in [-0.2, -0.15) is 0 Å². The number of pyridine rings is 1. The zero-order chi connectivity index (χ0) is 18.7. The molecule has 0 aliphatic carbocycles. The molecule has 0 saturated heterocycles. The molecule has 2 N–H and O–H groups in total. The number of carbonyl (C=O) groups excluding carboxylic acids is 2. The summed E-state index contributed by atoms with van der Waals surface area (Å²) in [4.78, 5) is 29.6. The van der Waals surface area contributed by atoms with Gasteiger partial charge < -0.3 is 5.32 Å². The molecular weight excluding hydrogens is 352 g/mol. The van der Waals surface area contributed by atoms with Crippen LogP contribution in [-0.2, 0) is 9.59 Å². The van der Waals surface area contributed by atoms with Crippen LogP contribution < -0.4 is 10.7 Å². The van der Waals surface area contributed by atoms with Gasteiger partial charge in [-0.05, 0) is 36.8 Å². The van der Waals surface area contributed by atoms with Crippen LogP contribution in [0.4, 0.5) is 5.69 Å². The second-order valence-electron chi connectivity index (χ2n) is 5.90. The van der Waals surface area contributed by atoms with E-state index >= 15 is 0 Å². The first kappa shape index (κ1) is 17.9. The summed E-state index contributed by atoms with van der Waals surface area (Å²) in [6.07, 6.45) is 2.21. The average molecular weight is 371 g/mol. The van der Waals surface area contributed by atoms with Crippen molar-refractivity contribution in [3.05, 3.63) is 65.1 Å². The van der Waals surface area contributed by atoms with Crippen LogP contribution in [0.15, 0.2) is 54.4 Å². The molecule has 0 radical (unpaired) electrons. The van der Waals surface area contributed by atoms with Crippen LogP contribution in [0.1, 0.15) is 26.0 Å². The summed E-state index contributed by atoms with van der Waals surface area (Å²) in [5, 5.41) is 4.99. The number of nitrogens with one attached hydrogen (secondary N) is 2. The van der Waals surface area contributed by atoms with E-state index in [1.807, 2.05) is 13.0 Å². The number of hydrogen-bond donors (Lipinski definition) is 2. The number of nitrogens with zero attached hydrogens (tertiary/aromatic N) is 2. The number of benzene rings is 1. The van der Waals surface area contributed by atoms with Gasteiger partial charge in [-0.1, -0.05) is 30.7 Å². The van der Waals surface area contributed by atoms with E-state index in [-0.39, 0.29) is 17.4 Å². The van der Waals surface area contributed by atoms with E-state index in [4.69, 9.17) is 11.6 Å². The second-order valence-corrected chi connectivity index (χ2v) is 6.33. The molecule has 3 rings (SSSR count). The van der Waals surface area contributed by atoms with Crippen LogP contribution in [0, 0.1) is 0 Å². The first-order valence-corrected chi connectivity index (χ1v) is 8.68. The molecule has 1 unspecified atom stereocenters. The highest BCUT2D eigenvalue weighted by atomic mass is 35.5. The van der Waals surface area contributed by atoms with Crippen molar-refractivity contribution in [1.29, 1.82) is 0 Å². The fourth-order valence-electron chi connectivity index (χ4n) is 2.80. The summed E-state index contributed by atoms with van der Waals surface area (Å²) in [5.74, 6) is -0.493. The first-order valence-electron chi connectivity index (χ1n) is 8.30. The van der Waals surface area contributed by atoms with Gasteiger partial charge in [0, 0.05) is 18.1 Å². The number of hydrazine groups is 1. The van der Waals surface area contributed by atoms with Gasteiger partial charge in [-0.15, -0.1) is 0 Å². The molecule has 6 nitrogen and oxygen atoms in total. The maximum Gasteiger partial charge on any atom is 0.268 e. The van der Waals surface area contributed by atoms with Crippen molar-refractivity contribution >= 4 is 34.7 Å². The maximum atomic E-state index is 12.9. The van der Waals surface area contributed by atoms with Crippen molar-refractivity contribution < 1.29 is 9.59 Å². The molecule has 7 heteroatoms. The minimum absolute atomic E-state index is 0.221. The molecule has 2 heterocycles. The van der Waals surface area contributed by atoms with Gasteiger partial charge in [-0.3, -0.25) is 20.0 Å². The Bertz CT molecular complexity index is 867. The third kappa shape index (κ3) is 3.55. The fourth-order valence-corrected chi connectivity index (χ4v) is 2.99. The summed E-state index contributed by atoms with van der Waals surface area (Å²) in [6, 6.07) is 11.9. The number of Topliss-reactive ketones (excluding diaryl/α,β-unsaturated/α-hetero) is 1. The topological polar surface area (TPSA) is 74.3 Å². The first-order chi connectivity index (χ1) is 12.5. The molecule has 0 saturated carbocycles. The number of hydrogen-bond acceptors (Lipinski definition) is 5. The summed E-state index contributed by atoms with van der Waals surface area (Å²) in [6.45, 7) is 3.33. The lowest BCUT2D eigenvalue weighted by Crippen LogP contribution is -2.54. The molecule has 26 heavy (non-hydrogen) atoms. The molecular formula is C19H19ClN4O2. The van der Waals surface area contributed by atoms with Gasteiger partial charge in [0.25, 0.3) is 5.91 Å². The van der Waals surface area contributed by atoms with Gasteiger partial charge in [0.05, 0.1) is 17.1 Å². The number of ketones is 1. The van der Waals surface area contributed by atoms with Crippen molar-refractivity contribution in [1.82, 2.24) is 15.3 Å². The maximum absolute atomic E-state index is 12.9. The lowest BCUT2D eigenvalue weighted by molar-refractivity contribution is -0.133. The predicted octanol–water partition coefficient (Wildman–Crippen LogP) is 3.23. The Morgan fingerprint density at radius 3 is 2.73 bits per heavy atom. The number of carbonyl (C=O) groups is 2. The van der Waals surface area contributed by atoms with E-state index in [0.29, 0.717) is 28.5 Å². The second kappa shape index (κ2) is 7.58. The van der Waals surface area contributed by atoms with Crippen molar-refractivity contribution in [2.45, 2.75) is 26.3 Å². The minimum Gasteiger partial charge on any atom is -0.370 e. The molecule has 1 aromatic heterocycles. The Kier molecular flexibility index (Phi) is 5.23. The van der Waals surface area contributed by atoms with Gasteiger partial charge in [0.15, 0.2) is 5.78 Å². The number of allylic oxidation sites excluding steroid dienone is 1. The quantitative estimate of drug-likeness (QED) is 0.845. The molecule has 0 bridgehead atoms. The van der Waals surface area contributed by atoms with Crippen LogP contribution in [0.2, 0.25) is 5.02 Å². The standard InChI is InChI=1S/C19H19ClN4O2/c1-3-15-19(26)24(23-14-8-6-7-13(20)11-14)18(12(2)25)17(22-15)16-9-4-5-10-21-16/h4-11,15,22-23H,3H2,1-2H3. The number of aromatic nitrogens is 1. The zero-order valence-corrected chi connectivity index (χ0v) is 15.2. The molecule has 1 amide bonds. The van der Waals surface area contributed by atoms with Crippen molar-refractivity contribution in [2.75, 3.05) is 5.43 Å². The van der Waals surface area contributed by atoms with Crippen molar-refractivity contribution in [3.63, 3.8) is 0 Å². The summed E-state index contributed by atoms with van der Waals surface area (Å²) >= 11 is 6.03. The molecule has 1 aliphatic rings. The minimum atomic E-state index is -0.471. The van der Waals surface area contributed by atoms with Crippen molar-refractivity contribution in [2.24, 2.45) is 0 Å². The Balaban J connectivity index is 2.11. The lowest BCUT2D eigenvalue weighted by Gasteiger charge is -2.36. The molecule has 1 aromatic carbocycles. The number of halogens is 1. The molecule has 2 aromatic rings. The third-order valence-electron chi connectivity index (χ3n) is 4.03. The van der Waals surface area contributed by atoms with E-state index in [2.05, 4.69) is 15.7 Å². The van der Waals surface area contributed by atoms with Crippen LogP contribution >= 0.6 is 11.6 Å². The van der Waals surface area contributed by atoms with E-state index in [9.17, 15) is 9.59 Å². The third-order valence-corrected chi connectivity index (χ3v) is 4.26. The van der Waals surface area contributed by atoms with Crippen molar-refractivity contribution in [3.8, 4) is 0 Å². The normalized spacial score (nSPS) is 17.1. The van der Waals surface area contributed by atoms with Crippen LogP contribution in [0.25, 0.3) is 5.70 Å². The Labute approximate surface area is 156 Å². The zero-order valence-electron chi connectivity index (χ0n) is 14.5. The molecule has 134 valence electrons. The highest BCUT2D eigenvalue weighted by Gasteiger charge is 2.36. The molecule has 1 atom stereocenters. The summed E-state index contributed by atoms with van der Waals surface area (Å²) < 4.78 is 0. The monoisotopic (exact) mass is 370 g/mol.